The van der Waals surface area contributed by atoms with Crippen LogP contribution in [-0.2, 0) is 28.7 Å². The molecule has 1 atom stereocenters. The Hall–Kier alpha value is -3.44. The van der Waals surface area contributed by atoms with Crippen LogP contribution in [0.4, 0.5) is 0 Å². The Kier molecular flexibility index (Phi) is 4.45. The van der Waals surface area contributed by atoms with Crippen LogP contribution < -0.4 is 16.0 Å². The van der Waals surface area contributed by atoms with Gasteiger partial charge in [-0.15, -0.1) is 0 Å². The summed E-state index contributed by atoms with van der Waals surface area (Å²) >= 11 is 0. The monoisotopic (exact) mass is 423 g/mol. The van der Waals surface area contributed by atoms with Gasteiger partial charge >= 0.3 is 0 Å². The minimum absolute atomic E-state index is 0.0887. The van der Waals surface area contributed by atoms with E-state index in [1.54, 1.807) is 22.9 Å². The van der Waals surface area contributed by atoms with Crippen molar-refractivity contribution in [1.29, 1.82) is 0 Å². The van der Waals surface area contributed by atoms with Crippen LogP contribution in [0.2, 0.25) is 0 Å². The van der Waals surface area contributed by atoms with Gasteiger partial charge in [0.05, 0.1) is 11.1 Å². The maximum absolute atomic E-state index is 13.2. The van der Waals surface area contributed by atoms with Gasteiger partial charge < -0.3 is 5.32 Å². The van der Waals surface area contributed by atoms with E-state index < -0.39 is 35.2 Å². The molecular formula is C20H21N7O4. The van der Waals surface area contributed by atoms with Crippen molar-refractivity contribution >= 4 is 23.6 Å². The van der Waals surface area contributed by atoms with Crippen molar-refractivity contribution < 1.29 is 19.2 Å². The lowest BCUT2D eigenvalue weighted by Gasteiger charge is -2.42. The molecule has 1 aromatic heterocycles. The minimum Gasteiger partial charge on any atom is -0.312 e. The lowest BCUT2D eigenvalue weighted by atomic mass is 9.90. The zero-order valence-electron chi connectivity index (χ0n) is 16.8. The van der Waals surface area contributed by atoms with E-state index in [9.17, 15) is 19.2 Å². The zero-order valence-corrected chi connectivity index (χ0v) is 16.8. The number of aryl methyl sites for hydroxylation is 1. The zero-order chi connectivity index (χ0) is 21.8. The summed E-state index contributed by atoms with van der Waals surface area (Å²) in [5.74, 6) is -1.25. The fraction of sp³-hybridized carbons (Fsp3) is 0.400. The second kappa shape index (κ2) is 7.06. The quantitative estimate of drug-likeness (QED) is 0.510. The number of rotatable bonds is 5. The van der Waals surface area contributed by atoms with E-state index in [-0.39, 0.29) is 18.4 Å². The first-order valence-electron chi connectivity index (χ1n) is 10.0. The molecule has 4 amide bonds. The average Bonchev–Trinajstić information content (AvgIpc) is 3.24. The van der Waals surface area contributed by atoms with Crippen molar-refractivity contribution in [1.82, 2.24) is 35.6 Å². The molecule has 31 heavy (non-hydrogen) atoms. The van der Waals surface area contributed by atoms with Gasteiger partial charge in [-0.1, -0.05) is 12.1 Å². The number of nitrogens with zero attached hydrogens (tertiary/aromatic N) is 4. The number of carbonyl (C=O) groups is 4. The van der Waals surface area contributed by atoms with Crippen molar-refractivity contribution in [3.63, 3.8) is 0 Å². The molecule has 2 aromatic rings. The number of hydrogen-bond donors (Lipinski definition) is 3. The molecule has 0 radical (unpaired) electrons. The summed E-state index contributed by atoms with van der Waals surface area (Å²) in [6, 6.07) is 4.13. The predicted octanol–water partition coefficient (Wildman–Crippen LogP) is -1.20. The van der Waals surface area contributed by atoms with Gasteiger partial charge in [-0.2, -0.15) is 5.10 Å². The van der Waals surface area contributed by atoms with Crippen LogP contribution in [0.15, 0.2) is 24.5 Å². The Labute approximate surface area is 177 Å². The lowest BCUT2D eigenvalue weighted by Crippen LogP contribution is -2.65. The highest BCUT2D eigenvalue weighted by Gasteiger charge is 2.46. The highest BCUT2D eigenvalue weighted by molar-refractivity contribution is 6.24. The largest absolute Gasteiger partial charge is 0.312 e. The Morgan fingerprint density at radius 1 is 1.19 bits per heavy atom. The van der Waals surface area contributed by atoms with Gasteiger partial charge in [0, 0.05) is 33.1 Å². The predicted molar refractivity (Wildman–Crippen MR) is 106 cm³/mol. The maximum Gasteiger partial charge on any atom is 0.262 e. The van der Waals surface area contributed by atoms with Gasteiger partial charge in [-0.05, 0) is 18.1 Å². The summed E-state index contributed by atoms with van der Waals surface area (Å²) in [5, 5.41) is 13.1. The molecule has 3 N–H and O–H groups in total. The summed E-state index contributed by atoms with van der Waals surface area (Å²) in [7, 11) is 1.82. The molecule has 11 heteroatoms. The lowest BCUT2D eigenvalue weighted by molar-refractivity contribution is -0.136. The van der Waals surface area contributed by atoms with Gasteiger partial charge in [0.2, 0.25) is 11.8 Å². The number of aromatic nitrogens is 3. The third-order valence-corrected chi connectivity index (χ3v) is 6.16. The average molecular weight is 423 g/mol. The van der Waals surface area contributed by atoms with Crippen LogP contribution in [0, 0.1) is 0 Å². The molecule has 11 nitrogen and oxygen atoms in total. The van der Waals surface area contributed by atoms with Crippen molar-refractivity contribution in [3.8, 4) is 0 Å². The number of hydrogen-bond acceptors (Lipinski definition) is 8. The first-order valence-corrected chi connectivity index (χ1v) is 10.0. The van der Waals surface area contributed by atoms with Gasteiger partial charge in [-0.3, -0.25) is 39.4 Å². The van der Waals surface area contributed by atoms with Crippen LogP contribution in [-0.4, -0.2) is 62.4 Å². The highest BCUT2D eigenvalue weighted by atomic mass is 16.2. The van der Waals surface area contributed by atoms with E-state index >= 15 is 0 Å². The van der Waals surface area contributed by atoms with Crippen LogP contribution in [0.5, 0.6) is 0 Å². The van der Waals surface area contributed by atoms with Crippen molar-refractivity contribution in [3.05, 3.63) is 47.0 Å². The van der Waals surface area contributed by atoms with Crippen molar-refractivity contribution in [2.75, 3.05) is 13.1 Å². The van der Waals surface area contributed by atoms with E-state index in [0.717, 1.165) is 10.7 Å². The van der Waals surface area contributed by atoms with Crippen LogP contribution in [0.3, 0.4) is 0 Å². The minimum atomic E-state index is -0.980. The molecule has 0 bridgehead atoms. The van der Waals surface area contributed by atoms with E-state index in [1.165, 1.54) is 6.33 Å². The van der Waals surface area contributed by atoms with Gasteiger partial charge in [0.15, 0.2) is 0 Å². The number of fused-ring (bicyclic) bond motifs is 1. The summed E-state index contributed by atoms with van der Waals surface area (Å²) in [4.78, 5) is 55.3. The van der Waals surface area contributed by atoms with Gasteiger partial charge in [0.1, 0.15) is 23.7 Å². The first kappa shape index (κ1) is 19.5. The fourth-order valence-electron chi connectivity index (χ4n) is 4.46. The molecule has 1 aromatic carbocycles. The topological polar surface area (TPSA) is 138 Å². The number of piperidine rings is 1. The van der Waals surface area contributed by atoms with E-state index in [2.05, 4.69) is 26.0 Å². The second-order valence-corrected chi connectivity index (χ2v) is 8.03. The summed E-state index contributed by atoms with van der Waals surface area (Å²) in [6.07, 6.45) is 1.72. The number of amides is 4. The molecule has 2 saturated heterocycles. The molecule has 160 valence electrons. The first-order chi connectivity index (χ1) is 14.9. The number of carbonyl (C=O) groups excluding carboxylic acids is 4. The Balaban J connectivity index is 1.42. The molecule has 5 rings (SSSR count). The number of benzene rings is 1. The maximum atomic E-state index is 13.2. The van der Waals surface area contributed by atoms with E-state index in [0.29, 0.717) is 30.8 Å². The molecule has 0 aliphatic carbocycles. The molecule has 3 aliphatic rings. The van der Waals surface area contributed by atoms with Gasteiger partial charge in [0.25, 0.3) is 11.8 Å². The molecule has 0 saturated carbocycles. The third-order valence-electron chi connectivity index (χ3n) is 6.16. The SMILES string of the molecule is Cn1ncnc1C1(NCc2cccc3c2C(=O)N(C2CCC(=O)NC2=O)C3=O)CNC1. The Morgan fingerprint density at radius 2 is 2.00 bits per heavy atom. The number of nitrogens with one attached hydrogen (secondary N) is 3. The van der Waals surface area contributed by atoms with Crippen LogP contribution >= 0.6 is 0 Å². The Morgan fingerprint density at radius 3 is 2.65 bits per heavy atom. The smallest absolute Gasteiger partial charge is 0.262 e. The number of imide groups is 2. The molecule has 4 heterocycles. The Bertz CT molecular complexity index is 1120. The van der Waals surface area contributed by atoms with Crippen molar-refractivity contribution in [2.24, 2.45) is 7.05 Å². The van der Waals surface area contributed by atoms with E-state index in [1.807, 2.05) is 7.05 Å². The summed E-state index contributed by atoms with van der Waals surface area (Å²) in [6.45, 7) is 1.65. The molecule has 3 aliphatic heterocycles. The second-order valence-electron chi connectivity index (χ2n) is 8.03. The standard InChI is InChI=1S/C20H21N7O4/c1-26-19(22-10-24-26)20(8-21-9-20)23-7-11-3-2-4-12-15(11)18(31)27(17(12)30)13-5-6-14(28)25-16(13)29/h2-4,10,13,21,23H,5-9H2,1H3,(H,25,28,29). The van der Waals surface area contributed by atoms with Crippen LogP contribution in [0.25, 0.3) is 0 Å². The normalized spacial score (nSPS) is 22.4. The highest BCUT2D eigenvalue weighted by Crippen LogP contribution is 2.31. The molecule has 2 fully saturated rings. The van der Waals surface area contributed by atoms with Crippen LogP contribution in [0.1, 0.15) is 44.9 Å². The van der Waals surface area contributed by atoms with E-state index in [4.69, 9.17) is 0 Å². The molecule has 1 unspecified atom stereocenters. The summed E-state index contributed by atoms with van der Waals surface area (Å²) < 4.78 is 1.71. The molecule has 0 spiro atoms. The fourth-order valence-corrected chi connectivity index (χ4v) is 4.46. The van der Waals surface area contributed by atoms with Gasteiger partial charge in [-0.25, -0.2) is 4.98 Å². The molecular weight excluding hydrogens is 402 g/mol. The van der Waals surface area contributed by atoms with Crippen molar-refractivity contribution in [2.45, 2.75) is 31.0 Å². The third kappa shape index (κ3) is 2.96. The summed E-state index contributed by atoms with van der Waals surface area (Å²) in [5.41, 5.74) is 0.806.